The maximum absolute atomic E-state index is 14.3. The summed E-state index contributed by atoms with van der Waals surface area (Å²) in [6, 6.07) is 10.7. The lowest BCUT2D eigenvalue weighted by atomic mass is 9.97. The number of anilines is 1. The van der Waals surface area contributed by atoms with Gasteiger partial charge in [0.25, 0.3) is 0 Å². The molecular formula is C19H11ClF2N4. The lowest BCUT2D eigenvalue weighted by Gasteiger charge is -2.11. The quantitative estimate of drug-likeness (QED) is 0.548. The van der Waals surface area contributed by atoms with Crippen molar-refractivity contribution in [3.05, 3.63) is 71.6 Å². The Kier molecular flexibility index (Phi) is 3.97. The zero-order valence-electron chi connectivity index (χ0n) is 13.2. The molecule has 0 saturated heterocycles. The van der Waals surface area contributed by atoms with Crippen LogP contribution in [-0.2, 0) is 0 Å². The van der Waals surface area contributed by atoms with E-state index in [0.29, 0.717) is 32.9 Å². The third-order valence-corrected chi connectivity index (χ3v) is 4.25. The summed E-state index contributed by atoms with van der Waals surface area (Å²) in [7, 11) is 0. The van der Waals surface area contributed by atoms with E-state index in [0.717, 1.165) is 6.20 Å². The van der Waals surface area contributed by atoms with Gasteiger partial charge in [0.1, 0.15) is 23.8 Å². The van der Waals surface area contributed by atoms with Crippen LogP contribution in [0.25, 0.3) is 33.3 Å². The van der Waals surface area contributed by atoms with Crippen LogP contribution in [-0.4, -0.2) is 15.0 Å². The van der Waals surface area contributed by atoms with E-state index in [1.165, 1.54) is 30.6 Å². The molecule has 7 heteroatoms. The van der Waals surface area contributed by atoms with Gasteiger partial charge in [-0.25, -0.2) is 18.7 Å². The maximum Gasteiger partial charge on any atom is 0.142 e. The van der Waals surface area contributed by atoms with Crippen LogP contribution >= 0.6 is 11.6 Å². The topological polar surface area (TPSA) is 64.7 Å². The first-order valence-corrected chi connectivity index (χ1v) is 8.02. The van der Waals surface area contributed by atoms with Crippen molar-refractivity contribution in [3.63, 3.8) is 0 Å². The van der Waals surface area contributed by atoms with Crippen molar-refractivity contribution in [2.24, 2.45) is 0 Å². The standard InChI is InChI=1S/C19H11ClF2N4/c20-11-2-3-16(22)14(6-11)18-13(7-12(21)8-24-18)10-1-4-17-15(5-10)19(23)26-9-25-17/h1-9H,(H2,23,25,26). The highest BCUT2D eigenvalue weighted by atomic mass is 35.5. The molecule has 0 aliphatic carbocycles. The zero-order chi connectivity index (χ0) is 18.3. The molecular weight excluding hydrogens is 358 g/mol. The molecule has 4 nitrogen and oxygen atoms in total. The van der Waals surface area contributed by atoms with Gasteiger partial charge in [-0.3, -0.25) is 4.98 Å². The first-order chi connectivity index (χ1) is 12.5. The maximum atomic E-state index is 14.3. The Morgan fingerprint density at radius 2 is 1.73 bits per heavy atom. The summed E-state index contributed by atoms with van der Waals surface area (Å²) in [6.45, 7) is 0. The monoisotopic (exact) mass is 368 g/mol. The summed E-state index contributed by atoms with van der Waals surface area (Å²) in [5.74, 6) is -0.737. The molecule has 0 amide bonds. The number of nitrogen functional groups attached to an aromatic ring is 1. The average Bonchev–Trinajstić information content (AvgIpc) is 2.64. The summed E-state index contributed by atoms with van der Waals surface area (Å²) in [4.78, 5) is 12.2. The number of nitrogens with two attached hydrogens (primary N) is 1. The molecule has 2 heterocycles. The van der Waals surface area contributed by atoms with E-state index < -0.39 is 11.6 Å². The highest BCUT2D eigenvalue weighted by Crippen LogP contribution is 2.35. The molecule has 0 saturated carbocycles. The van der Waals surface area contributed by atoms with Crippen LogP contribution in [0.15, 0.2) is 55.0 Å². The van der Waals surface area contributed by atoms with E-state index in [2.05, 4.69) is 15.0 Å². The van der Waals surface area contributed by atoms with Crippen LogP contribution in [0.5, 0.6) is 0 Å². The molecule has 2 aromatic carbocycles. The minimum Gasteiger partial charge on any atom is -0.383 e. The molecule has 2 aromatic heterocycles. The van der Waals surface area contributed by atoms with Gasteiger partial charge in [0, 0.05) is 21.5 Å². The first kappa shape index (κ1) is 16.4. The molecule has 0 unspecified atom stereocenters. The van der Waals surface area contributed by atoms with E-state index >= 15 is 0 Å². The normalized spacial score (nSPS) is 11.0. The van der Waals surface area contributed by atoms with Crippen molar-refractivity contribution < 1.29 is 8.78 Å². The number of nitrogens with zero attached hydrogens (tertiary/aromatic N) is 3. The number of fused-ring (bicyclic) bond motifs is 1. The minimum absolute atomic E-state index is 0.185. The van der Waals surface area contributed by atoms with Crippen LogP contribution in [0.4, 0.5) is 14.6 Å². The van der Waals surface area contributed by atoms with Gasteiger partial charge in [-0.1, -0.05) is 17.7 Å². The van der Waals surface area contributed by atoms with E-state index in [-0.39, 0.29) is 11.3 Å². The summed E-state index contributed by atoms with van der Waals surface area (Å²) in [6.07, 6.45) is 2.41. The van der Waals surface area contributed by atoms with Gasteiger partial charge in [-0.15, -0.1) is 0 Å². The number of hydrogen-bond acceptors (Lipinski definition) is 4. The Labute approximate surface area is 152 Å². The van der Waals surface area contributed by atoms with Crippen molar-refractivity contribution in [1.82, 2.24) is 15.0 Å². The van der Waals surface area contributed by atoms with Crippen molar-refractivity contribution >= 4 is 28.3 Å². The summed E-state index contributed by atoms with van der Waals surface area (Å²) in [5, 5.41) is 0.974. The van der Waals surface area contributed by atoms with Crippen LogP contribution in [0.1, 0.15) is 0 Å². The van der Waals surface area contributed by atoms with Gasteiger partial charge in [0.05, 0.1) is 17.4 Å². The van der Waals surface area contributed by atoms with Crippen molar-refractivity contribution in [1.29, 1.82) is 0 Å². The third-order valence-electron chi connectivity index (χ3n) is 4.02. The van der Waals surface area contributed by atoms with E-state index in [9.17, 15) is 8.78 Å². The van der Waals surface area contributed by atoms with Crippen LogP contribution < -0.4 is 5.73 Å². The molecule has 0 atom stereocenters. The number of rotatable bonds is 2. The molecule has 0 radical (unpaired) electrons. The Morgan fingerprint density at radius 1 is 0.885 bits per heavy atom. The fraction of sp³-hybridized carbons (Fsp3) is 0. The molecule has 26 heavy (non-hydrogen) atoms. The Balaban J connectivity index is 1.99. The molecule has 4 aromatic rings. The predicted molar refractivity (Wildman–Crippen MR) is 97.5 cm³/mol. The molecule has 0 fully saturated rings. The van der Waals surface area contributed by atoms with Gasteiger partial charge >= 0.3 is 0 Å². The van der Waals surface area contributed by atoms with Gasteiger partial charge in [0.15, 0.2) is 0 Å². The van der Waals surface area contributed by atoms with Gasteiger partial charge in [-0.05, 0) is 42.0 Å². The molecule has 0 aliphatic heterocycles. The third kappa shape index (κ3) is 2.84. The molecule has 0 bridgehead atoms. The van der Waals surface area contributed by atoms with Gasteiger partial charge in [0.2, 0.25) is 0 Å². The Morgan fingerprint density at radius 3 is 2.58 bits per heavy atom. The smallest absolute Gasteiger partial charge is 0.142 e. The molecule has 0 aliphatic rings. The second-order valence-electron chi connectivity index (χ2n) is 5.66. The zero-order valence-corrected chi connectivity index (χ0v) is 14.0. The molecule has 128 valence electrons. The number of aromatic nitrogens is 3. The number of benzene rings is 2. The fourth-order valence-electron chi connectivity index (χ4n) is 2.80. The van der Waals surface area contributed by atoms with Gasteiger partial charge in [-0.2, -0.15) is 0 Å². The second kappa shape index (κ2) is 6.31. The largest absolute Gasteiger partial charge is 0.383 e. The predicted octanol–water partition coefficient (Wildman–Crippen LogP) is 4.87. The molecule has 0 spiro atoms. The highest BCUT2D eigenvalue weighted by molar-refractivity contribution is 6.30. The van der Waals surface area contributed by atoms with Crippen molar-refractivity contribution in [2.75, 3.05) is 5.73 Å². The Bertz CT molecular complexity index is 1150. The summed E-state index contributed by atoms with van der Waals surface area (Å²) < 4.78 is 28.2. The Hall–Kier alpha value is -3.12. The lowest BCUT2D eigenvalue weighted by Crippen LogP contribution is -1.96. The second-order valence-corrected chi connectivity index (χ2v) is 6.10. The molecule has 2 N–H and O–H groups in total. The summed E-state index contributed by atoms with van der Waals surface area (Å²) >= 11 is 5.99. The number of hydrogen-bond donors (Lipinski definition) is 1. The number of halogens is 3. The highest BCUT2D eigenvalue weighted by Gasteiger charge is 2.16. The van der Waals surface area contributed by atoms with Crippen LogP contribution in [0.2, 0.25) is 5.02 Å². The van der Waals surface area contributed by atoms with Crippen molar-refractivity contribution in [3.8, 4) is 22.4 Å². The van der Waals surface area contributed by atoms with E-state index in [1.807, 2.05) is 0 Å². The first-order valence-electron chi connectivity index (χ1n) is 7.64. The SMILES string of the molecule is Nc1ncnc2ccc(-c3cc(F)cnc3-c3cc(Cl)ccc3F)cc12. The van der Waals surface area contributed by atoms with Crippen LogP contribution in [0.3, 0.4) is 0 Å². The van der Waals surface area contributed by atoms with Crippen molar-refractivity contribution in [2.45, 2.75) is 0 Å². The minimum atomic E-state index is -0.538. The fourth-order valence-corrected chi connectivity index (χ4v) is 2.97. The summed E-state index contributed by atoms with van der Waals surface area (Å²) in [5.41, 5.74) is 8.05. The van der Waals surface area contributed by atoms with Crippen LogP contribution in [0, 0.1) is 11.6 Å². The lowest BCUT2D eigenvalue weighted by molar-refractivity contribution is 0.620. The average molecular weight is 369 g/mol. The van der Waals surface area contributed by atoms with Gasteiger partial charge < -0.3 is 5.73 Å². The van der Waals surface area contributed by atoms with E-state index in [1.54, 1.807) is 18.2 Å². The molecule has 4 rings (SSSR count). The van der Waals surface area contributed by atoms with E-state index in [4.69, 9.17) is 17.3 Å². The number of pyridine rings is 1.